The second kappa shape index (κ2) is 9.53. The van der Waals surface area contributed by atoms with Crippen LogP contribution in [0.2, 0.25) is 0 Å². The number of para-hydroxylation sites is 2. The number of amides is 1. The second-order valence-corrected chi connectivity index (χ2v) is 8.03. The van der Waals surface area contributed by atoms with Crippen molar-refractivity contribution < 1.29 is 14.3 Å². The Kier molecular flexibility index (Phi) is 6.38. The van der Waals surface area contributed by atoms with Gasteiger partial charge in [-0.25, -0.2) is 4.99 Å². The van der Waals surface area contributed by atoms with Gasteiger partial charge < -0.3 is 14.8 Å². The van der Waals surface area contributed by atoms with Crippen molar-refractivity contribution in [3.8, 4) is 11.5 Å². The first-order valence-electron chi connectivity index (χ1n) is 9.82. The van der Waals surface area contributed by atoms with E-state index in [1.807, 2.05) is 54.6 Å². The largest absolute Gasteiger partial charge is 0.494 e. The minimum Gasteiger partial charge on any atom is -0.494 e. The lowest BCUT2D eigenvalue weighted by molar-refractivity contribution is -0.115. The molecule has 0 spiro atoms. The minimum atomic E-state index is -0.168. The lowest BCUT2D eigenvalue weighted by Crippen LogP contribution is -2.19. The Morgan fingerprint density at radius 3 is 2.48 bits per heavy atom. The van der Waals surface area contributed by atoms with Crippen LogP contribution in [0.5, 0.6) is 11.5 Å². The molecule has 156 valence electrons. The van der Waals surface area contributed by atoms with Crippen molar-refractivity contribution in [2.45, 2.75) is 13.5 Å². The highest BCUT2D eigenvalue weighted by molar-refractivity contribution is 8.18. The Bertz CT molecular complexity index is 1140. The molecule has 0 bridgehead atoms. The number of ether oxygens (including phenoxy) is 2. The van der Waals surface area contributed by atoms with Gasteiger partial charge in [0.05, 0.1) is 12.0 Å². The quantitative estimate of drug-likeness (QED) is 0.527. The number of benzene rings is 3. The van der Waals surface area contributed by atoms with Gasteiger partial charge >= 0.3 is 0 Å². The lowest BCUT2D eigenvalue weighted by Gasteiger charge is -2.07. The van der Waals surface area contributed by atoms with E-state index in [2.05, 4.69) is 41.5 Å². The number of thioether (sulfide) groups is 1. The molecule has 3 aromatic carbocycles. The fraction of sp³-hybridized carbons (Fsp3) is 0.120. The van der Waals surface area contributed by atoms with E-state index in [0.717, 1.165) is 16.9 Å². The van der Waals surface area contributed by atoms with E-state index in [1.54, 1.807) is 7.11 Å². The summed E-state index contributed by atoms with van der Waals surface area (Å²) in [6.45, 7) is 2.58. The standard InChI is InChI=1S/C25H22N2O3S/c1-17-7-9-19(10-8-17)16-30-20-13-11-18(12-14-20)15-23-24(28)27-25(31-23)26-21-5-3-4-6-22(21)29-2/h3-15H,16H2,1-2H3,(H,26,27,28)/b23-15-. The van der Waals surface area contributed by atoms with Crippen LogP contribution in [0.25, 0.3) is 6.08 Å². The predicted octanol–water partition coefficient (Wildman–Crippen LogP) is 5.47. The fourth-order valence-corrected chi connectivity index (χ4v) is 3.81. The van der Waals surface area contributed by atoms with Gasteiger partial charge in [-0.3, -0.25) is 4.79 Å². The Hall–Kier alpha value is -3.51. The molecule has 1 saturated heterocycles. The fourth-order valence-electron chi connectivity index (χ4n) is 2.97. The molecule has 3 aromatic rings. The van der Waals surface area contributed by atoms with E-state index in [9.17, 15) is 4.79 Å². The molecule has 1 amide bonds. The molecule has 4 rings (SSSR count). The summed E-state index contributed by atoms with van der Waals surface area (Å²) in [4.78, 5) is 17.4. The van der Waals surface area contributed by atoms with Crippen LogP contribution in [0.15, 0.2) is 82.7 Å². The highest BCUT2D eigenvalue weighted by atomic mass is 32.2. The number of hydrogen-bond acceptors (Lipinski definition) is 5. The summed E-state index contributed by atoms with van der Waals surface area (Å²) < 4.78 is 11.2. The monoisotopic (exact) mass is 430 g/mol. The number of nitrogens with zero attached hydrogens (tertiary/aromatic N) is 1. The molecule has 6 heteroatoms. The van der Waals surface area contributed by atoms with E-state index in [1.165, 1.54) is 17.3 Å². The molecule has 1 heterocycles. The van der Waals surface area contributed by atoms with Crippen molar-refractivity contribution >= 4 is 34.6 Å². The number of methoxy groups -OCH3 is 1. The Balaban J connectivity index is 1.42. The second-order valence-electron chi connectivity index (χ2n) is 7.00. The number of carbonyl (C=O) groups excluding carboxylic acids is 1. The minimum absolute atomic E-state index is 0.168. The number of carbonyl (C=O) groups is 1. The maximum atomic E-state index is 12.3. The van der Waals surface area contributed by atoms with E-state index in [0.29, 0.717) is 28.1 Å². The van der Waals surface area contributed by atoms with Crippen molar-refractivity contribution in [3.05, 3.63) is 94.4 Å². The van der Waals surface area contributed by atoms with Gasteiger partial charge in [0.1, 0.15) is 23.8 Å². The van der Waals surface area contributed by atoms with Crippen LogP contribution in [0, 0.1) is 6.92 Å². The Morgan fingerprint density at radius 2 is 1.74 bits per heavy atom. The van der Waals surface area contributed by atoms with Gasteiger partial charge in [-0.15, -0.1) is 0 Å². The summed E-state index contributed by atoms with van der Waals surface area (Å²) in [6, 6.07) is 23.4. The summed E-state index contributed by atoms with van der Waals surface area (Å²) in [5.74, 6) is 1.27. The number of aryl methyl sites for hydroxylation is 1. The maximum absolute atomic E-state index is 12.3. The van der Waals surface area contributed by atoms with E-state index in [-0.39, 0.29) is 5.91 Å². The smallest absolute Gasteiger partial charge is 0.264 e. The van der Waals surface area contributed by atoms with Crippen molar-refractivity contribution in [2.75, 3.05) is 7.11 Å². The van der Waals surface area contributed by atoms with Crippen LogP contribution in [0.1, 0.15) is 16.7 Å². The van der Waals surface area contributed by atoms with Crippen LogP contribution in [-0.2, 0) is 11.4 Å². The molecule has 0 aliphatic carbocycles. The zero-order chi connectivity index (χ0) is 21.6. The predicted molar refractivity (Wildman–Crippen MR) is 126 cm³/mol. The van der Waals surface area contributed by atoms with Gasteiger partial charge in [0.15, 0.2) is 5.17 Å². The first-order valence-corrected chi connectivity index (χ1v) is 10.6. The summed E-state index contributed by atoms with van der Waals surface area (Å²) in [5.41, 5.74) is 3.94. The zero-order valence-corrected chi connectivity index (χ0v) is 18.1. The van der Waals surface area contributed by atoms with Gasteiger partial charge in [-0.1, -0.05) is 54.1 Å². The van der Waals surface area contributed by atoms with Gasteiger partial charge in [-0.05, 0) is 60.2 Å². The SMILES string of the molecule is COc1ccccc1N=C1NC(=O)/C(=C/c2ccc(OCc3ccc(C)cc3)cc2)S1. The highest BCUT2D eigenvalue weighted by Gasteiger charge is 2.24. The molecule has 1 fully saturated rings. The van der Waals surface area contributed by atoms with Crippen molar-refractivity contribution in [1.29, 1.82) is 0 Å². The molecular weight excluding hydrogens is 408 g/mol. The third-order valence-electron chi connectivity index (χ3n) is 4.66. The third kappa shape index (κ3) is 5.35. The number of amidine groups is 1. The number of nitrogens with one attached hydrogen (secondary N) is 1. The van der Waals surface area contributed by atoms with Crippen molar-refractivity contribution in [2.24, 2.45) is 4.99 Å². The van der Waals surface area contributed by atoms with Crippen LogP contribution in [0.3, 0.4) is 0 Å². The zero-order valence-electron chi connectivity index (χ0n) is 17.3. The molecule has 1 N–H and O–H groups in total. The Morgan fingerprint density at radius 1 is 1.00 bits per heavy atom. The average molecular weight is 431 g/mol. The van der Waals surface area contributed by atoms with Crippen LogP contribution in [0.4, 0.5) is 5.69 Å². The van der Waals surface area contributed by atoms with E-state index in [4.69, 9.17) is 9.47 Å². The molecule has 0 aromatic heterocycles. The topological polar surface area (TPSA) is 59.9 Å². The van der Waals surface area contributed by atoms with Gasteiger partial charge in [-0.2, -0.15) is 0 Å². The van der Waals surface area contributed by atoms with Crippen LogP contribution in [-0.4, -0.2) is 18.2 Å². The summed E-state index contributed by atoms with van der Waals surface area (Å²) in [7, 11) is 1.60. The first kappa shape index (κ1) is 20.8. The molecule has 0 atom stereocenters. The van der Waals surface area contributed by atoms with Crippen molar-refractivity contribution in [3.63, 3.8) is 0 Å². The maximum Gasteiger partial charge on any atom is 0.264 e. The molecule has 1 aliphatic heterocycles. The summed E-state index contributed by atoms with van der Waals surface area (Å²) in [5, 5.41) is 3.33. The van der Waals surface area contributed by atoms with E-state index < -0.39 is 0 Å². The molecule has 1 aliphatic rings. The molecule has 0 unspecified atom stereocenters. The first-order chi connectivity index (χ1) is 15.1. The lowest BCUT2D eigenvalue weighted by atomic mass is 10.1. The normalized spacial score (nSPS) is 15.9. The Labute approximate surface area is 185 Å². The number of hydrogen-bond donors (Lipinski definition) is 1. The molecule has 0 radical (unpaired) electrons. The molecule has 0 saturated carbocycles. The van der Waals surface area contributed by atoms with Crippen LogP contribution >= 0.6 is 11.8 Å². The summed E-state index contributed by atoms with van der Waals surface area (Å²) in [6.07, 6.45) is 1.84. The molecule has 31 heavy (non-hydrogen) atoms. The van der Waals surface area contributed by atoms with Crippen molar-refractivity contribution in [1.82, 2.24) is 5.32 Å². The summed E-state index contributed by atoms with van der Waals surface area (Å²) >= 11 is 1.30. The third-order valence-corrected chi connectivity index (χ3v) is 5.57. The van der Waals surface area contributed by atoms with E-state index >= 15 is 0 Å². The average Bonchev–Trinajstić information content (AvgIpc) is 3.13. The van der Waals surface area contributed by atoms with Gasteiger partial charge in [0, 0.05) is 0 Å². The molecule has 5 nitrogen and oxygen atoms in total. The number of aliphatic imine (C=N–C) groups is 1. The van der Waals surface area contributed by atoms with Crippen LogP contribution < -0.4 is 14.8 Å². The highest BCUT2D eigenvalue weighted by Crippen LogP contribution is 2.32. The molecular formula is C25H22N2O3S. The number of rotatable bonds is 6. The van der Waals surface area contributed by atoms with Gasteiger partial charge in [0.2, 0.25) is 0 Å². The van der Waals surface area contributed by atoms with Gasteiger partial charge in [0.25, 0.3) is 5.91 Å².